The topological polar surface area (TPSA) is 50.4 Å². The number of ether oxygens (including phenoxy) is 1. The van der Waals surface area contributed by atoms with E-state index in [0.29, 0.717) is 13.2 Å². The SMILES string of the molecule is CCOC[C@@H](CC)NC(=O)C1CNC1. The highest BCUT2D eigenvalue weighted by Gasteiger charge is 2.26. The molecule has 1 fully saturated rings. The van der Waals surface area contributed by atoms with Crippen molar-refractivity contribution in [2.75, 3.05) is 26.3 Å². The van der Waals surface area contributed by atoms with E-state index in [4.69, 9.17) is 4.74 Å². The molecule has 82 valence electrons. The van der Waals surface area contributed by atoms with Crippen molar-refractivity contribution in [2.24, 2.45) is 5.92 Å². The van der Waals surface area contributed by atoms with E-state index in [1.54, 1.807) is 0 Å². The summed E-state index contributed by atoms with van der Waals surface area (Å²) in [5, 5.41) is 6.08. The number of carbonyl (C=O) groups excluding carboxylic acids is 1. The minimum absolute atomic E-state index is 0.162. The van der Waals surface area contributed by atoms with Gasteiger partial charge in [0.15, 0.2) is 0 Å². The Kier molecular flexibility index (Phi) is 4.90. The first-order chi connectivity index (χ1) is 6.77. The van der Waals surface area contributed by atoms with Crippen LogP contribution in [0.1, 0.15) is 20.3 Å². The predicted molar refractivity (Wildman–Crippen MR) is 55.1 cm³/mol. The lowest BCUT2D eigenvalue weighted by atomic mass is 10.0. The fraction of sp³-hybridized carbons (Fsp3) is 0.900. The number of hydrogen-bond donors (Lipinski definition) is 2. The van der Waals surface area contributed by atoms with Gasteiger partial charge in [-0.1, -0.05) is 6.92 Å². The number of nitrogens with one attached hydrogen (secondary N) is 2. The molecular formula is C10H20N2O2. The van der Waals surface area contributed by atoms with Gasteiger partial charge in [0.1, 0.15) is 0 Å². The van der Waals surface area contributed by atoms with Crippen molar-refractivity contribution in [3.05, 3.63) is 0 Å². The molecule has 14 heavy (non-hydrogen) atoms. The first-order valence-electron chi connectivity index (χ1n) is 5.36. The summed E-state index contributed by atoms with van der Waals surface area (Å²) in [5.41, 5.74) is 0. The molecule has 0 radical (unpaired) electrons. The van der Waals surface area contributed by atoms with Gasteiger partial charge in [0, 0.05) is 19.7 Å². The standard InChI is InChI=1S/C10H20N2O2/c1-3-9(7-14-4-2)12-10(13)8-5-11-6-8/h8-9,11H,3-7H2,1-2H3,(H,12,13)/t9-/m1/s1. The highest BCUT2D eigenvalue weighted by atomic mass is 16.5. The van der Waals surface area contributed by atoms with E-state index in [9.17, 15) is 4.79 Å². The first kappa shape index (κ1) is 11.5. The van der Waals surface area contributed by atoms with Crippen LogP contribution in [-0.2, 0) is 9.53 Å². The minimum Gasteiger partial charge on any atom is -0.380 e. The van der Waals surface area contributed by atoms with Crippen molar-refractivity contribution in [2.45, 2.75) is 26.3 Å². The Balaban J connectivity index is 2.20. The Morgan fingerprint density at radius 1 is 1.57 bits per heavy atom. The van der Waals surface area contributed by atoms with Crippen LogP contribution in [0.4, 0.5) is 0 Å². The maximum Gasteiger partial charge on any atom is 0.225 e. The van der Waals surface area contributed by atoms with E-state index in [0.717, 1.165) is 19.5 Å². The van der Waals surface area contributed by atoms with Crippen LogP contribution in [-0.4, -0.2) is 38.3 Å². The van der Waals surface area contributed by atoms with Crippen molar-refractivity contribution in [1.82, 2.24) is 10.6 Å². The Hall–Kier alpha value is -0.610. The second-order valence-electron chi connectivity index (χ2n) is 3.63. The molecule has 0 unspecified atom stereocenters. The first-order valence-corrected chi connectivity index (χ1v) is 5.36. The van der Waals surface area contributed by atoms with Gasteiger partial charge in [-0.3, -0.25) is 4.79 Å². The molecule has 0 aromatic carbocycles. The molecular weight excluding hydrogens is 180 g/mol. The van der Waals surface area contributed by atoms with E-state index in [1.807, 2.05) is 6.92 Å². The van der Waals surface area contributed by atoms with Crippen LogP contribution >= 0.6 is 0 Å². The second-order valence-corrected chi connectivity index (χ2v) is 3.63. The van der Waals surface area contributed by atoms with Gasteiger partial charge in [0.05, 0.1) is 18.6 Å². The molecule has 0 aromatic heterocycles. The smallest absolute Gasteiger partial charge is 0.225 e. The summed E-state index contributed by atoms with van der Waals surface area (Å²) in [6.45, 7) is 6.98. The Bertz CT molecular complexity index is 181. The minimum atomic E-state index is 0.162. The van der Waals surface area contributed by atoms with Crippen molar-refractivity contribution >= 4 is 5.91 Å². The molecule has 1 rings (SSSR count). The van der Waals surface area contributed by atoms with E-state index in [1.165, 1.54) is 0 Å². The number of rotatable bonds is 6. The van der Waals surface area contributed by atoms with Crippen molar-refractivity contribution in [3.63, 3.8) is 0 Å². The molecule has 0 bridgehead atoms. The molecule has 1 heterocycles. The maximum absolute atomic E-state index is 11.6. The second kappa shape index (κ2) is 5.98. The predicted octanol–water partition coefficient (Wildman–Crippen LogP) is 0.137. The molecule has 0 spiro atoms. The highest BCUT2D eigenvalue weighted by molar-refractivity contribution is 5.80. The fourth-order valence-corrected chi connectivity index (χ4v) is 1.31. The van der Waals surface area contributed by atoms with E-state index in [2.05, 4.69) is 17.6 Å². The van der Waals surface area contributed by atoms with Crippen LogP contribution in [0.15, 0.2) is 0 Å². The summed E-state index contributed by atoms with van der Waals surface area (Å²) in [5.74, 6) is 0.334. The van der Waals surface area contributed by atoms with E-state index in [-0.39, 0.29) is 17.9 Å². The Morgan fingerprint density at radius 3 is 2.71 bits per heavy atom. The number of amides is 1. The van der Waals surface area contributed by atoms with E-state index >= 15 is 0 Å². The summed E-state index contributed by atoms with van der Waals surface area (Å²) in [7, 11) is 0. The molecule has 0 aromatic rings. The molecule has 1 atom stereocenters. The molecule has 1 aliphatic heterocycles. The zero-order valence-corrected chi connectivity index (χ0v) is 9.01. The average Bonchev–Trinajstić information content (AvgIpc) is 2.09. The van der Waals surface area contributed by atoms with Crippen LogP contribution < -0.4 is 10.6 Å². The molecule has 4 nitrogen and oxygen atoms in total. The third-order valence-electron chi connectivity index (χ3n) is 2.51. The van der Waals surface area contributed by atoms with Gasteiger partial charge in [-0.15, -0.1) is 0 Å². The third-order valence-corrected chi connectivity index (χ3v) is 2.51. The van der Waals surface area contributed by atoms with Crippen LogP contribution in [0.5, 0.6) is 0 Å². The lowest BCUT2D eigenvalue weighted by Gasteiger charge is -2.28. The van der Waals surface area contributed by atoms with Gasteiger partial charge in [-0.25, -0.2) is 0 Å². The van der Waals surface area contributed by atoms with Crippen LogP contribution in [0, 0.1) is 5.92 Å². The summed E-state index contributed by atoms with van der Waals surface area (Å²) in [6.07, 6.45) is 0.923. The molecule has 0 aliphatic carbocycles. The van der Waals surface area contributed by atoms with Crippen molar-refractivity contribution in [3.8, 4) is 0 Å². The van der Waals surface area contributed by atoms with Gasteiger partial charge < -0.3 is 15.4 Å². The lowest BCUT2D eigenvalue weighted by molar-refractivity contribution is -0.127. The third kappa shape index (κ3) is 3.27. The fourth-order valence-electron chi connectivity index (χ4n) is 1.31. The van der Waals surface area contributed by atoms with Gasteiger partial charge >= 0.3 is 0 Å². The largest absolute Gasteiger partial charge is 0.380 e. The maximum atomic E-state index is 11.6. The Labute approximate surface area is 85.4 Å². The summed E-state index contributed by atoms with van der Waals surface area (Å²) in [4.78, 5) is 11.6. The molecule has 4 heteroatoms. The summed E-state index contributed by atoms with van der Waals surface area (Å²) in [6, 6.07) is 0.169. The molecule has 0 saturated carbocycles. The molecule has 2 N–H and O–H groups in total. The highest BCUT2D eigenvalue weighted by Crippen LogP contribution is 2.03. The molecule has 1 saturated heterocycles. The zero-order chi connectivity index (χ0) is 10.4. The van der Waals surface area contributed by atoms with Crippen molar-refractivity contribution < 1.29 is 9.53 Å². The number of carbonyl (C=O) groups is 1. The number of hydrogen-bond acceptors (Lipinski definition) is 3. The quantitative estimate of drug-likeness (QED) is 0.641. The van der Waals surface area contributed by atoms with Gasteiger partial charge in [-0.2, -0.15) is 0 Å². The van der Waals surface area contributed by atoms with Gasteiger partial charge in [-0.05, 0) is 13.3 Å². The Morgan fingerprint density at radius 2 is 2.29 bits per heavy atom. The average molecular weight is 200 g/mol. The normalized spacial score (nSPS) is 18.7. The van der Waals surface area contributed by atoms with Gasteiger partial charge in [0.2, 0.25) is 5.91 Å². The van der Waals surface area contributed by atoms with Crippen LogP contribution in [0.2, 0.25) is 0 Å². The lowest BCUT2D eigenvalue weighted by Crippen LogP contribution is -2.53. The molecule has 1 aliphatic rings. The van der Waals surface area contributed by atoms with Crippen LogP contribution in [0.3, 0.4) is 0 Å². The molecule has 1 amide bonds. The summed E-state index contributed by atoms with van der Waals surface area (Å²) >= 11 is 0. The van der Waals surface area contributed by atoms with E-state index < -0.39 is 0 Å². The van der Waals surface area contributed by atoms with Gasteiger partial charge in [0.25, 0.3) is 0 Å². The zero-order valence-electron chi connectivity index (χ0n) is 9.01. The van der Waals surface area contributed by atoms with Crippen LogP contribution in [0.25, 0.3) is 0 Å². The van der Waals surface area contributed by atoms with Crippen molar-refractivity contribution in [1.29, 1.82) is 0 Å². The summed E-state index contributed by atoms with van der Waals surface area (Å²) < 4.78 is 5.29. The monoisotopic (exact) mass is 200 g/mol.